The van der Waals surface area contributed by atoms with E-state index < -0.39 is 0 Å². The molecule has 0 saturated carbocycles. The van der Waals surface area contributed by atoms with Crippen molar-refractivity contribution in [1.29, 1.82) is 0 Å². The molecule has 1 amide bonds. The number of thiazole rings is 1. The summed E-state index contributed by atoms with van der Waals surface area (Å²) in [6.07, 6.45) is 2.09. The first kappa shape index (κ1) is 16.5. The van der Waals surface area contributed by atoms with Gasteiger partial charge >= 0.3 is 0 Å². The van der Waals surface area contributed by atoms with Gasteiger partial charge in [0, 0.05) is 24.7 Å². The highest BCUT2D eigenvalue weighted by Crippen LogP contribution is 2.23. The predicted octanol–water partition coefficient (Wildman–Crippen LogP) is 4.38. The molecule has 1 aromatic carbocycles. The van der Waals surface area contributed by atoms with Gasteiger partial charge in [0.25, 0.3) is 5.91 Å². The molecule has 0 radical (unpaired) electrons. The van der Waals surface area contributed by atoms with E-state index in [1.807, 2.05) is 18.5 Å². The van der Waals surface area contributed by atoms with Crippen LogP contribution >= 0.6 is 11.3 Å². The van der Waals surface area contributed by atoms with Crippen molar-refractivity contribution in [3.05, 3.63) is 40.4 Å². The van der Waals surface area contributed by atoms with Crippen LogP contribution in [0, 0.1) is 13.8 Å². The second-order valence-electron chi connectivity index (χ2n) is 5.54. The summed E-state index contributed by atoms with van der Waals surface area (Å²) >= 11 is 1.45. The number of rotatable bonds is 6. The second-order valence-corrected chi connectivity index (χ2v) is 6.40. The number of unbranched alkanes of at least 4 members (excludes halogenated alkanes) is 1. The van der Waals surface area contributed by atoms with Crippen molar-refractivity contribution in [2.45, 2.75) is 33.6 Å². The maximum absolute atomic E-state index is 12.3. The van der Waals surface area contributed by atoms with E-state index in [0.29, 0.717) is 5.69 Å². The van der Waals surface area contributed by atoms with Crippen LogP contribution in [0.4, 0.5) is 10.8 Å². The fraction of sp³-hybridized carbons (Fsp3) is 0.412. The third kappa shape index (κ3) is 4.07. The monoisotopic (exact) mass is 317 g/mol. The van der Waals surface area contributed by atoms with E-state index in [2.05, 4.69) is 43.2 Å². The molecule has 0 spiro atoms. The van der Waals surface area contributed by atoms with E-state index in [0.717, 1.165) is 30.2 Å². The molecule has 0 atom stereocenters. The Morgan fingerprint density at radius 3 is 2.77 bits per heavy atom. The van der Waals surface area contributed by atoms with E-state index in [-0.39, 0.29) is 5.91 Å². The second kappa shape index (κ2) is 7.40. The van der Waals surface area contributed by atoms with Crippen LogP contribution in [-0.4, -0.2) is 29.4 Å². The van der Waals surface area contributed by atoms with Gasteiger partial charge in [0.05, 0.1) is 0 Å². The summed E-state index contributed by atoms with van der Waals surface area (Å²) in [7, 11) is 1.83. The number of aromatic nitrogens is 1. The number of carbonyl (C=O) groups is 1. The zero-order valence-electron chi connectivity index (χ0n) is 13.6. The lowest BCUT2D eigenvalue weighted by molar-refractivity contribution is 0.0788. The Morgan fingerprint density at radius 2 is 2.09 bits per heavy atom. The Morgan fingerprint density at radius 1 is 1.32 bits per heavy atom. The van der Waals surface area contributed by atoms with Gasteiger partial charge < -0.3 is 10.2 Å². The summed E-state index contributed by atoms with van der Waals surface area (Å²) in [5.74, 6) is -0.0159. The highest BCUT2D eigenvalue weighted by molar-refractivity contribution is 7.14. The summed E-state index contributed by atoms with van der Waals surface area (Å²) in [5.41, 5.74) is 4.00. The fourth-order valence-electron chi connectivity index (χ4n) is 2.06. The Kier molecular flexibility index (Phi) is 5.55. The van der Waals surface area contributed by atoms with E-state index >= 15 is 0 Å². The molecule has 0 fully saturated rings. The number of amides is 1. The molecule has 4 nitrogen and oxygen atoms in total. The van der Waals surface area contributed by atoms with Gasteiger partial charge in [0.1, 0.15) is 5.69 Å². The van der Waals surface area contributed by atoms with E-state index in [1.165, 1.54) is 22.5 Å². The normalized spacial score (nSPS) is 10.5. The average molecular weight is 317 g/mol. The number of nitrogens with one attached hydrogen (secondary N) is 1. The van der Waals surface area contributed by atoms with Gasteiger partial charge in [-0.15, -0.1) is 11.3 Å². The summed E-state index contributed by atoms with van der Waals surface area (Å²) in [6.45, 7) is 7.06. The first-order chi connectivity index (χ1) is 10.5. The molecule has 0 bridgehead atoms. The molecule has 5 heteroatoms. The van der Waals surface area contributed by atoms with Crippen LogP contribution < -0.4 is 5.32 Å². The topological polar surface area (TPSA) is 45.2 Å². The van der Waals surface area contributed by atoms with Crippen molar-refractivity contribution < 1.29 is 4.79 Å². The Labute approximate surface area is 136 Å². The number of aryl methyl sites for hydroxylation is 2. The quantitative estimate of drug-likeness (QED) is 0.860. The highest BCUT2D eigenvalue weighted by atomic mass is 32.1. The predicted molar refractivity (Wildman–Crippen MR) is 93.2 cm³/mol. The van der Waals surface area contributed by atoms with Crippen molar-refractivity contribution in [3.8, 4) is 0 Å². The van der Waals surface area contributed by atoms with Gasteiger partial charge in [-0.05, 0) is 43.5 Å². The van der Waals surface area contributed by atoms with Crippen LogP contribution in [0.3, 0.4) is 0 Å². The lowest BCUT2D eigenvalue weighted by Crippen LogP contribution is -2.27. The van der Waals surface area contributed by atoms with Gasteiger partial charge in [-0.3, -0.25) is 4.79 Å². The minimum atomic E-state index is -0.0159. The van der Waals surface area contributed by atoms with Crippen LogP contribution in [0.1, 0.15) is 41.4 Å². The number of hydrogen-bond acceptors (Lipinski definition) is 4. The van der Waals surface area contributed by atoms with Crippen LogP contribution in [0.5, 0.6) is 0 Å². The maximum Gasteiger partial charge on any atom is 0.273 e. The molecular formula is C17H23N3OS. The molecule has 0 aliphatic rings. The van der Waals surface area contributed by atoms with Gasteiger partial charge in [-0.25, -0.2) is 4.98 Å². The summed E-state index contributed by atoms with van der Waals surface area (Å²) in [6, 6.07) is 6.19. The van der Waals surface area contributed by atoms with Crippen molar-refractivity contribution >= 4 is 28.1 Å². The smallest absolute Gasteiger partial charge is 0.273 e. The molecule has 118 valence electrons. The molecule has 0 unspecified atom stereocenters. The lowest BCUT2D eigenvalue weighted by atomic mass is 10.1. The molecule has 2 rings (SSSR count). The number of hydrogen-bond donors (Lipinski definition) is 1. The number of carbonyl (C=O) groups excluding carboxylic acids is 1. The summed E-state index contributed by atoms with van der Waals surface area (Å²) in [5, 5.41) is 5.83. The molecule has 0 aliphatic heterocycles. The van der Waals surface area contributed by atoms with Crippen molar-refractivity contribution in [3.63, 3.8) is 0 Å². The minimum absolute atomic E-state index is 0.0159. The standard InChI is InChI=1S/C17H23N3OS/c1-5-6-9-20(4)16(21)15-11-22-17(19-15)18-14-8-7-12(2)13(3)10-14/h7-8,10-11H,5-6,9H2,1-4H3,(H,18,19). The molecule has 22 heavy (non-hydrogen) atoms. The van der Waals surface area contributed by atoms with Crippen LogP contribution in [-0.2, 0) is 0 Å². The van der Waals surface area contributed by atoms with Crippen molar-refractivity contribution in [2.75, 3.05) is 18.9 Å². The number of benzene rings is 1. The van der Waals surface area contributed by atoms with E-state index in [4.69, 9.17) is 0 Å². The Hall–Kier alpha value is -1.88. The van der Waals surface area contributed by atoms with Crippen LogP contribution in [0.25, 0.3) is 0 Å². The van der Waals surface area contributed by atoms with Gasteiger partial charge in [-0.2, -0.15) is 0 Å². The van der Waals surface area contributed by atoms with Gasteiger partial charge in [0.15, 0.2) is 5.13 Å². The van der Waals surface area contributed by atoms with E-state index in [1.54, 1.807) is 4.90 Å². The van der Waals surface area contributed by atoms with Crippen LogP contribution in [0.2, 0.25) is 0 Å². The molecule has 1 heterocycles. The summed E-state index contributed by atoms with van der Waals surface area (Å²) in [4.78, 5) is 18.4. The SMILES string of the molecule is CCCCN(C)C(=O)c1csc(Nc2ccc(C)c(C)c2)n1. The number of anilines is 2. The zero-order chi connectivity index (χ0) is 16.1. The largest absolute Gasteiger partial charge is 0.340 e. The Bertz CT molecular complexity index is 651. The highest BCUT2D eigenvalue weighted by Gasteiger charge is 2.15. The fourth-order valence-corrected chi connectivity index (χ4v) is 2.77. The molecule has 0 saturated heterocycles. The third-order valence-corrected chi connectivity index (χ3v) is 4.43. The third-order valence-electron chi connectivity index (χ3n) is 3.68. The number of nitrogens with zero attached hydrogens (tertiary/aromatic N) is 2. The van der Waals surface area contributed by atoms with Crippen molar-refractivity contribution in [2.24, 2.45) is 0 Å². The minimum Gasteiger partial charge on any atom is -0.340 e. The van der Waals surface area contributed by atoms with E-state index in [9.17, 15) is 4.79 Å². The van der Waals surface area contributed by atoms with Gasteiger partial charge in [-0.1, -0.05) is 19.4 Å². The first-order valence-electron chi connectivity index (χ1n) is 7.56. The molecule has 1 N–H and O–H groups in total. The maximum atomic E-state index is 12.3. The molecular weight excluding hydrogens is 294 g/mol. The Balaban J connectivity index is 2.04. The van der Waals surface area contributed by atoms with Crippen LogP contribution in [0.15, 0.2) is 23.6 Å². The molecule has 0 aliphatic carbocycles. The van der Waals surface area contributed by atoms with Crippen molar-refractivity contribution in [1.82, 2.24) is 9.88 Å². The zero-order valence-corrected chi connectivity index (χ0v) is 14.5. The average Bonchev–Trinajstić information content (AvgIpc) is 2.96. The first-order valence-corrected chi connectivity index (χ1v) is 8.44. The van der Waals surface area contributed by atoms with Gasteiger partial charge in [0.2, 0.25) is 0 Å². The lowest BCUT2D eigenvalue weighted by Gasteiger charge is -2.14. The molecule has 2 aromatic rings. The summed E-state index contributed by atoms with van der Waals surface area (Å²) < 4.78 is 0. The molecule has 1 aromatic heterocycles.